The molecule has 2 aromatic carbocycles. The van der Waals surface area contributed by atoms with Crippen LogP contribution in [0, 0.1) is 0 Å². The van der Waals surface area contributed by atoms with Crippen molar-refractivity contribution in [1.29, 1.82) is 0 Å². The van der Waals surface area contributed by atoms with Crippen molar-refractivity contribution < 1.29 is 24.1 Å². The van der Waals surface area contributed by atoms with Crippen molar-refractivity contribution in [2.45, 2.75) is 37.6 Å². The average Bonchev–Trinajstić information content (AvgIpc) is 3.27. The van der Waals surface area contributed by atoms with E-state index in [2.05, 4.69) is 10.6 Å². The van der Waals surface area contributed by atoms with Crippen molar-refractivity contribution in [2.75, 3.05) is 26.9 Å². The summed E-state index contributed by atoms with van der Waals surface area (Å²) in [4.78, 5) is 12.3. The SMILES string of the molecule is COc1cccc(CNC[C@@H](O)[C@H](Cc2ccccc2)NC(=O)O[C@H]2CCOC2)c1. The molecule has 1 amide bonds. The van der Waals surface area contributed by atoms with Crippen molar-refractivity contribution in [3.8, 4) is 5.75 Å². The zero-order valence-electron chi connectivity index (χ0n) is 17.3. The molecule has 0 bridgehead atoms. The van der Waals surface area contributed by atoms with E-state index in [1.165, 1.54) is 0 Å². The Kier molecular flexibility index (Phi) is 8.50. The number of hydrogen-bond acceptors (Lipinski definition) is 6. The molecular weight excluding hydrogens is 384 g/mol. The molecule has 3 atom stereocenters. The maximum absolute atomic E-state index is 12.3. The zero-order chi connectivity index (χ0) is 21.2. The first kappa shape index (κ1) is 22.1. The summed E-state index contributed by atoms with van der Waals surface area (Å²) in [6.45, 7) is 1.92. The molecule has 0 spiro atoms. The minimum atomic E-state index is -0.789. The highest BCUT2D eigenvalue weighted by Gasteiger charge is 2.25. The molecule has 1 aliphatic heterocycles. The third-order valence-electron chi connectivity index (χ3n) is 5.04. The molecule has 30 heavy (non-hydrogen) atoms. The zero-order valence-corrected chi connectivity index (χ0v) is 17.3. The number of aliphatic hydroxyl groups is 1. The topological polar surface area (TPSA) is 89.1 Å². The van der Waals surface area contributed by atoms with Gasteiger partial charge in [0.1, 0.15) is 11.9 Å². The molecule has 1 fully saturated rings. The third-order valence-corrected chi connectivity index (χ3v) is 5.04. The summed E-state index contributed by atoms with van der Waals surface area (Å²) in [6.07, 6.45) is -0.354. The Hall–Kier alpha value is -2.61. The summed E-state index contributed by atoms with van der Waals surface area (Å²) < 4.78 is 15.9. The van der Waals surface area contributed by atoms with Crippen LogP contribution in [0.15, 0.2) is 54.6 Å². The second kappa shape index (κ2) is 11.5. The maximum atomic E-state index is 12.3. The molecule has 1 heterocycles. The second-order valence-corrected chi connectivity index (χ2v) is 7.38. The Morgan fingerprint density at radius 2 is 2.00 bits per heavy atom. The number of ether oxygens (including phenoxy) is 3. The lowest BCUT2D eigenvalue weighted by molar-refractivity contribution is 0.0689. The second-order valence-electron chi connectivity index (χ2n) is 7.38. The van der Waals surface area contributed by atoms with Gasteiger partial charge in [-0.05, 0) is 29.7 Å². The van der Waals surface area contributed by atoms with Gasteiger partial charge in [0.15, 0.2) is 0 Å². The Balaban J connectivity index is 1.55. The number of carbonyl (C=O) groups excluding carboxylic acids is 1. The van der Waals surface area contributed by atoms with Crippen molar-refractivity contribution in [1.82, 2.24) is 10.6 Å². The average molecular weight is 415 g/mol. The lowest BCUT2D eigenvalue weighted by Crippen LogP contribution is -2.49. The first-order chi connectivity index (χ1) is 14.6. The molecule has 0 unspecified atom stereocenters. The first-order valence-corrected chi connectivity index (χ1v) is 10.2. The van der Waals surface area contributed by atoms with Crippen molar-refractivity contribution in [2.24, 2.45) is 0 Å². The van der Waals surface area contributed by atoms with Gasteiger partial charge in [0.25, 0.3) is 0 Å². The number of methoxy groups -OCH3 is 1. The standard InChI is InChI=1S/C23H30N2O5/c1-28-19-9-5-8-18(12-19)14-24-15-22(26)21(13-17-6-3-2-4-7-17)25-23(27)30-20-10-11-29-16-20/h2-9,12,20-22,24,26H,10-11,13-16H2,1H3,(H,25,27)/t20-,21-,22+/m0/s1. The van der Waals surface area contributed by atoms with Crippen molar-refractivity contribution in [3.63, 3.8) is 0 Å². The molecule has 0 saturated carbocycles. The van der Waals surface area contributed by atoms with E-state index in [1.807, 2.05) is 54.6 Å². The fourth-order valence-corrected chi connectivity index (χ4v) is 3.38. The maximum Gasteiger partial charge on any atom is 0.407 e. The summed E-state index contributed by atoms with van der Waals surface area (Å²) in [6, 6.07) is 17.0. The van der Waals surface area contributed by atoms with E-state index in [-0.39, 0.29) is 6.10 Å². The smallest absolute Gasteiger partial charge is 0.407 e. The highest BCUT2D eigenvalue weighted by atomic mass is 16.6. The number of benzene rings is 2. The van der Waals surface area contributed by atoms with Crippen LogP contribution < -0.4 is 15.4 Å². The molecule has 0 aliphatic carbocycles. The van der Waals surface area contributed by atoms with Crippen LogP contribution in [0.1, 0.15) is 17.5 Å². The van der Waals surface area contributed by atoms with Crippen LogP contribution in [0.2, 0.25) is 0 Å². The number of aliphatic hydroxyl groups excluding tert-OH is 1. The Bertz CT molecular complexity index is 780. The van der Waals surface area contributed by atoms with E-state index in [9.17, 15) is 9.90 Å². The van der Waals surface area contributed by atoms with E-state index in [1.54, 1.807) is 7.11 Å². The highest BCUT2D eigenvalue weighted by Crippen LogP contribution is 2.13. The van der Waals surface area contributed by atoms with Gasteiger partial charge < -0.3 is 30.0 Å². The van der Waals surface area contributed by atoms with Gasteiger partial charge >= 0.3 is 6.09 Å². The molecule has 1 aliphatic rings. The largest absolute Gasteiger partial charge is 0.497 e. The molecule has 0 radical (unpaired) electrons. The van der Waals surface area contributed by atoms with E-state index in [4.69, 9.17) is 14.2 Å². The molecule has 2 aromatic rings. The minimum Gasteiger partial charge on any atom is -0.497 e. The van der Waals surface area contributed by atoms with Gasteiger partial charge in [-0.1, -0.05) is 42.5 Å². The van der Waals surface area contributed by atoms with Gasteiger partial charge in [-0.2, -0.15) is 0 Å². The van der Waals surface area contributed by atoms with Crippen LogP contribution in [0.25, 0.3) is 0 Å². The number of carbonyl (C=O) groups is 1. The number of rotatable bonds is 10. The molecule has 7 heteroatoms. The monoisotopic (exact) mass is 414 g/mol. The van der Waals surface area contributed by atoms with E-state index in [0.29, 0.717) is 39.1 Å². The van der Waals surface area contributed by atoms with Gasteiger partial charge in [0.2, 0.25) is 0 Å². The fraction of sp³-hybridized carbons (Fsp3) is 0.435. The van der Waals surface area contributed by atoms with Crippen molar-refractivity contribution >= 4 is 6.09 Å². The summed E-state index contributed by atoms with van der Waals surface area (Å²) in [7, 11) is 1.63. The molecule has 1 saturated heterocycles. The predicted molar refractivity (Wildman–Crippen MR) is 113 cm³/mol. The normalized spacial score (nSPS) is 17.9. The van der Waals surface area contributed by atoms with Crippen LogP contribution in [0.5, 0.6) is 5.75 Å². The van der Waals surface area contributed by atoms with Gasteiger partial charge in [0, 0.05) is 19.5 Å². The minimum absolute atomic E-state index is 0.231. The van der Waals surface area contributed by atoms with Gasteiger partial charge in [-0.3, -0.25) is 0 Å². The third kappa shape index (κ3) is 7.02. The van der Waals surface area contributed by atoms with Gasteiger partial charge in [-0.15, -0.1) is 0 Å². The Morgan fingerprint density at radius 1 is 1.20 bits per heavy atom. The summed E-state index contributed by atoms with van der Waals surface area (Å²) in [5, 5.41) is 16.9. The Morgan fingerprint density at radius 3 is 2.73 bits per heavy atom. The number of nitrogens with one attached hydrogen (secondary N) is 2. The first-order valence-electron chi connectivity index (χ1n) is 10.2. The fourth-order valence-electron chi connectivity index (χ4n) is 3.38. The van der Waals surface area contributed by atoms with Crippen LogP contribution >= 0.6 is 0 Å². The van der Waals surface area contributed by atoms with Gasteiger partial charge in [0.05, 0.1) is 32.5 Å². The van der Waals surface area contributed by atoms with E-state index < -0.39 is 18.2 Å². The van der Waals surface area contributed by atoms with Gasteiger partial charge in [-0.25, -0.2) is 4.79 Å². The number of alkyl carbamates (subject to hydrolysis) is 1. The summed E-state index contributed by atoms with van der Waals surface area (Å²) >= 11 is 0. The number of amides is 1. The molecule has 7 nitrogen and oxygen atoms in total. The lowest BCUT2D eigenvalue weighted by Gasteiger charge is -2.25. The summed E-state index contributed by atoms with van der Waals surface area (Å²) in [5.74, 6) is 0.789. The molecule has 162 valence electrons. The molecule has 0 aromatic heterocycles. The molecule has 3 N–H and O–H groups in total. The molecule has 3 rings (SSSR count). The van der Waals surface area contributed by atoms with Crippen LogP contribution in [0.4, 0.5) is 4.79 Å². The number of hydrogen-bond donors (Lipinski definition) is 3. The van der Waals surface area contributed by atoms with E-state index in [0.717, 1.165) is 16.9 Å². The highest BCUT2D eigenvalue weighted by molar-refractivity contribution is 5.68. The summed E-state index contributed by atoms with van der Waals surface area (Å²) in [5.41, 5.74) is 2.08. The van der Waals surface area contributed by atoms with Crippen LogP contribution in [-0.2, 0) is 22.4 Å². The lowest BCUT2D eigenvalue weighted by atomic mass is 10.0. The Labute approximate surface area is 177 Å². The van der Waals surface area contributed by atoms with Crippen molar-refractivity contribution in [3.05, 3.63) is 65.7 Å². The van der Waals surface area contributed by atoms with Crippen LogP contribution in [-0.4, -0.2) is 56.3 Å². The predicted octanol–water partition coefficient (Wildman–Crippen LogP) is 2.27. The quantitative estimate of drug-likeness (QED) is 0.553. The van der Waals surface area contributed by atoms with E-state index >= 15 is 0 Å². The van der Waals surface area contributed by atoms with Crippen LogP contribution in [0.3, 0.4) is 0 Å². The molecular formula is C23H30N2O5.